The summed E-state index contributed by atoms with van der Waals surface area (Å²) in [6.45, 7) is 0.518. The van der Waals surface area contributed by atoms with Crippen LogP contribution < -0.4 is 23.7 Å². The fraction of sp³-hybridized carbons (Fsp3) is 0.364. The summed E-state index contributed by atoms with van der Waals surface area (Å²) in [7, 11) is 4.70. The average Bonchev–Trinajstić information content (AvgIpc) is 3.44. The lowest BCUT2D eigenvalue weighted by Crippen LogP contribution is -2.36. The number of carbonyl (C=O) groups excluding carboxylic acids is 1. The van der Waals surface area contributed by atoms with Crippen molar-refractivity contribution in [3.63, 3.8) is 0 Å². The van der Waals surface area contributed by atoms with Crippen LogP contribution in [0.1, 0.15) is 22.6 Å². The molecule has 0 amide bonds. The van der Waals surface area contributed by atoms with Crippen LogP contribution in [0.3, 0.4) is 0 Å². The van der Waals surface area contributed by atoms with Crippen molar-refractivity contribution in [2.45, 2.75) is 5.92 Å². The molecule has 2 aromatic rings. The van der Waals surface area contributed by atoms with Gasteiger partial charge >= 0.3 is 0 Å². The fourth-order valence-electron chi connectivity index (χ4n) is 4.61. The van der Waals surface area contributed by atoms with Crippen LogP contribution in [0.5, 0.6) is 28.7 Å². The van der Waals surface area contributed by atoms with Crippen molar-refractivity contribution in [1.29, 1.82) is 0 Å². The highest BCUT2D eigenvalue weighted by Crippen LogP contribution is 2.51. The van der Waals surface area contributed by atoms with Gasteiger partial charge in [0.15, 0.2) is 23.0 Å². The molecule has 0 saturated carbocycles. The SMILES string of the molecule is COc1cc([C@@H]2c3cc4c(cc3C3=NOC[C@H]3[C@@H]2C=O)OCO4)cc(OC)c1OC. The van der Waals surface area contributed by atoms with E-state index in [9.17, 15) is 4.79 Å². The molecule has 0 N–H and O–H groups in total. The molecule has 2 heterocycles. The Morgan fingerprint density at radius 3 is 2.33 bits per heavy atom. The predicted octanol–water partition coefficient (Wildman–Crippen LogP) is 2.75. The van der Waals surface area contributed by atoms with Gasteiger partial charge in [-0.2, -0.15) is 0 Å². The molecule has 3 aliphatic rings. The van der Waals surface area contributed by atoms with Gasteiger partial charge in [-0.1, -0.05) is 5.16 Å². The van der Waals surface area contributed by atoms with Crippen LogP contribution in [-0.2, 0) is 9.63 Å². The average molecular weight is 411 g/mol. The van der Waals surface area contributed by atoms with Crippen LogP contribution in [-0.4, -0.2) is 46.7 Å². The highest BCUT2D eigenvalue weighted by Gasteiger charge is 2.46. The first kappa shape index (κ1) is 18.6. The maximum absolute atomic E-state index is 12.3. The maximum Gasteiger partial charge on any atom is 0.231 e. The van der Waals surface area contributed by atoms with Gasteiger partial charge in [0.1, 0.15) is 12.9 Å². The zero-order valence-electron chi connectivity index (χ0n) is 16.8. The summed E-state index contributed by atoms with van der Waals surface area (Å²) in [6.07, 6.45) is 0.982. The van der Waals surface area contributed by atoms with Crippen molar-refractivity contribution in [3.8, 4) is 28.7 Å². The Balaban J connectivity index is 1.75. The summed E-state index contributed by atoms with van der Waals surface area (Å²) in [5.41, 5.74) is 3.46. The standard InChI is InChI=1S/C22H21NO7/c1-25-18-4-11(5-19(26-2)22(18)27-3)20-12-6-16-17(29-10-28-16)7-13(12)21-15(9-30-23-21)14(20)8-24/h4-8,14-15,20H,9-10H2,1-3H3/t14-,15-,20+/m0/s1. The van der Waals surface area contributed by atoms with E-state index in [1.54, 1.807) is 21.3 Å². The summed E-state index contributed by atoms with van der Waals surface area (Å²) in [6, 6.07) is 7.62. The lowest BCUT2D eigenvalue weighted by molar-refractivity contribution is -0.112. The van der Waals surface area contributed by atoms with E-state index >= 15 is 0 Å². The lowest BCUT2D eigenvalue weighted by Gasteiger charge is -2.35. The van der Waals surface area contributed by atoms with Crippen LogP contribution in [0.25, 0.3) is 0 Å². The lowest BCUT2D eigenvalue weighted by atomic mass is 9.66. The number of benzene rings is 2. The molecule has 0 radical (unpaired) electrons. The second kappa shape index (κ2) is 7.12. The molecule has 0 unspecified atom stereocenters. The second-order valence-electron chi connectivity index (χ2n) is 7.32. The van der Waals surface area contributed by atoms with Crippen LogP contribution >= 0.6 is 0 Å². The molecular formula is C22H21NO7. The number of ether oxygens (including phenoxy) is 5. The molecule has 3 atom stereocenters. The predicted molar refractivity (Wildman–Crippen MR) is 106 cm³/mol. The van der Waals surface area contributed by atoms with Crippen molar-refractivity contribution in [1.82, 2.24) is 0 Å². The smallest absolute Gasteiger partial charge is 0.231 e. The van der Waals surface area contributed by atoms with Gasteiger partial charge in [-0.25, -0.2) is 0 Å². The number of rotatable bonds is 5. The van der Waals surface area contributed by atoms with Crippen LogP contribution in [0.2, 0.25) is 0 Å². The highest BCUT2D eigenvalue weighted by molar-refractivity contribution is 6.07. The zero-order valence-corrected chi connectivity index (χ0v) is 16.8. The summed E-state index contributed by atoms with van der Waals surface area (Å²) in [4.78, 5) is 17.7. The molecule has 0 spiro atoms. The normalized spacial score (nSPS) is 23.0. The summed E-state index contributed by atoms with van der Waals surface area (Å²) >= 11 is 0. The maximum atomic E-state index is 12.3. The number of aldehydes is 1. The first-order chi connectivity index (χ1) is 14.7. The van der Waals surface area contributed by atoms with E-state index in [0.29, 0.717) is 35.4 Å². The number of hydrogen-bond donors (Lipinski definition) is 0. The zero-order chi connectivity index (χ0) is 20.8. The van der Waals surface area contributed by atoms with E-state index in [4.69, 9.17) is 28.5 Å². The van der Waals surface area contributed by atoms with Gasteiger partial charge in [0.2, 0.25) is 12.5 Å². The van der Waals surface area contributed by atoms with Crippen molar-refractivity contribution in [2.75, 3.05) is 34.7 Å². The summed E-state index contributed by atoms with van der Waals surface area (Å²) in [5, 5.41) is 4.24. The Hall–Kier alpha value is -3.42. The number of methoxy groups -OCH3 is 3. The molecule has 156 valence electrons. The highest BCUT2D eigenvalue weighted by atomic mass is 16.7. The Bertz CT molecular complexity index is 1020. The van der Waals surface area contributed by atoms with E-state index in [2.05, 4.69) is 5.16 Å². The molecule has 8 nitrogen and oxygen atoms in total. The van der Waals surface area contributed by atoms with Gasteiger partial charge < -0.3 is 33.3 Å². The molecule has 30 heavy (non-hydrogen) atoms. The quantitative estimate of drug-likeness (QED) is 0.700. The molecule has 2 aliphatic heterocycles. The van der Waals surface area contributed by atoms with E-state index in [1.807, 2.05) is 24.3 Å². The van der Waals surface area contributed by atoms with Gasteiger partial charge in [-0.05, 0) is 35.4 Å². The molecule has 0 saturated heterocycles. The third kappa shape index (κ3) is 2.59. The number of fused-ring (bicyclic) bond motifs is 4. The molecule has 1 aliphatic carbocycles. The van der Waals surface area contributed by atoms with Gasteiger partial charge in [0.05, 0.1) is 33.0 Å². The Morgan fingerprint density at radius 1 is 1.00 bits per heavy atom. The van der Waals surface area contributed by atoms with Gasteiger partial charge in [0, 0.05) is 17.4 Å². The van der Waals surface area contributed by atoms with Crippen molar-refractivity contribution >= 4 is 12.0 Å². The minimum Gasteiger partial charge on any atom is -0.493 e. The molecule has 5 rings (SSSR count). The van der Waals surface area contributed by atoms with E-state index < -0.39 is 0 Å². The molecule has 0 aromatic heterocycles. The third-order valence-electron chi connectivity index (χ3n) is 5.98. The van der Waals surface area contributed by atoms with Gasteiger partial charge in [-0.15, -0.1) is 0 Å². The molecule has 0 bridgehead atoms. The van der Waals surface area contributed by atoms with E-state index in [1.165, 1.54) is 0 Å². The van der Waals surface area contributed by atoms with Crippen molar-refractivity contribution < 1.29 is 33.3 Å². The number of oxime groups is 1. The fourth-order valence-corrected chi connectivity index (χ4v) is 4.61. The molecular weight excluding hydrogens is 390 g/mol. The van der Waals surface area contributed by atoms with Crippen LogP contribution in [0, 0.1) is 11.8 Å². The Kier molecular flexibility index (Phi) is 4.42. The first-order valence-electron chi connectivity index (χ1n) is 9.59. The van der Waals surface area contributed by atoms with Gasteiger partial charge in [-0.3, -0.25) is 0 Å². The molecule has 0 fully saturated rings. The number of nitrogens with zero attached hydrogens (tertiary/aromatic N) is 1. The Morgan fingerprint density at radius 2 is 1.70 bits per heavy atom. The largest absolute Gasteiger partial charge is 0.493 e. The minimum atomic E-state index is -0.373. The number of hydrogen-bond acceptors (Lipinski definition) is 8. The van der Waals surface area contributed by atoms with Gasteiger partial charge in [0.25, 0.3) is 0 Å². The minimum absolute atomic E-state index is 0.153. The summed E-state index contributed by atoms with van der Waals surface area (Å²) in [5.74, 6) is 2.07. The topological polar surface area (TPSA) is 84.8 Å². The van der Waals surface area contributed by atoms with E-state index in [0.717, 1.165) is 28.7 Å². The van der Waals surface area contributed by atoms with Crippen molar-refractivity contribution in [3.05, 3.63) is 41.0 Å². The Labute approximate surface area is 173 Å². The monoisotopic (exact) mass is 411 g/mol. The first-order valence-corrected chi connectivity index (χ1v) is 9.59. The number of carbonyl (C=O) groups is 1. The van der Waals surface area contributed by atoms with Crippen LogP contribution in [0.15, 0.2) is 29.4 Å². The third-order valence-corrected chi connectivity index (χ3v) is 5.98. The summed E-state index contributed by atoms with van der Waals surface area (Å²) < 4.78 is 27.7. The van der Waals surface area contributed by atoms with Crippen molar-refractivity contribution in [2.24, 2.45) is 17.0 Å². The van der Waals surface area contributed by atoms with Crippen LogP contribution in [0.4, 0.5) is 0 Å². The molecule has 8 heteroatoms. The van der Waals surface area contributed by atoms with E-state index in [-0.39, 0.29) is 24.5 Å². The second-order valence-corrected chi connectivity index (χ2v) is 7.32. The molecule has 2 aromatic carbocycles.